The molecule has 25 heavy (non-hydrogen) atoms. The number of likely N-dealkylation sites (tertiary alicyclic amines) is 1. The van der Waals surface area contributed by atoms with E-state index in [1.54, 1.807) is 0 Å². The highest BCUT2D eigenvalue weighted by atomic mass is 32.1. The molecule has 0 bridgehead atoms. The second-order valence-electron chi connectivity index (χ2n) is 7.45. The van der Waals surface area contributed by atoms with Crippen LogP contribution in [0.4, 0.5) is 4.79 Å². The van der Waals surface area contributed by atoms with Gasteiger partial charge in [0.2, 0.25) is 0 Å². The second-order valence-corrected chi connectivity index (χ2v) is 8.48. The zero-order valence-electron chi connectivity index (χ0n) is 15.5. The van der Waals surface area contributed by atoms with Gasteiger partial charge in [0.05, 0.1) is 0 Å². The average Bonchev–Trinajstić information content (AvgIpc) is 3.14. The summed E-state index contributed by atoms with van der Waals surface area (Å²) in [7, 11) is 0. The van der Waals surface area contributed by atoms with Crippen LogP contribution < -0.4 is 5.32 Å². The van der Waals surface area contributed by atoms with E-state index in [2.05, 4.69) is 39.6 Å². The zero-order valence-corrected chi connectivity index (χ0v) is 16.3. The Morgan fingerprint density at radius 3 is 2.60 bits per heavy atom. The van der Waals surface area contributed by atoms with Crippen LogP contribution in [0, 0.1) is 5.92 Å². The quantitative estimate of drug-likeness (QED) is 0.789. The Balaban J connectivity index is 1.26. The lowest BCUT2D eigenvalue weighted by Gasteiger charge is -2.34. The molecule has 0 radical (unpaired) electrons. The van der Waals surface area contributed by atoms with E-state index in [0.29, 0.717) is 0 Å². The van der Waals surface area contributed by atoms with Crippen molar-refractivity contribution >= 4 is 17.4 Å². The summed E-state index contributed by atoms with van der Waals surface area (Å²) in [5.41, 5.74) is 0. The van der Waals surface area contributed by atoms with E-state index in [1.165, 1.54) is 30.8 Å². The first kappa shape index (κ1) is 18.7. The molecular weight excluding hydrogens is 332 g/mol. The van der Waals surface area contributed by atoms with Crippen molar-refractivity contribution in [3.63, 3.8) is 0 Å². The number of nitrogens with one attached hydrogen (secondary N) is 1. The monoisotopic (exact) mass is 364 g/mol. The van der Waals surface area contributed by atoms with Crippen LogP contribution >= 0.6 is 11.3 Å². The van der Waals surface area contributed by atoms with Crippen molar-refractivity contribution in [2.75, 3.05) is 52.4 Å². The third kappa shape index (κ3) is 5.97. The molecule has 1 N–H and O–H groups in total. The van der Waals surface area contributed by atoms with E-state index >= 15 is 0 Å². The molecule has 2 aliphatic rings. The number of carbonyl (C=O) groups is 1. The minimum Gasteiger partial charge on any atom is -0.338 e. The highest BCUT2D eigenvalue weighted by Gasteiger charge is 2.21. The van der Waals surface area contributed by atoms with E-state index in [4.69, 9.17) is 0 Å². The Bertz CT molecular complexity index is 506. The number of piperazine rings is 1. The second kappa shape index (κ2) is 9.55. The van der Waals surface area contributed by atoms with Gasteiger partial charge in [-0.1, -0.05) is 13.0 Å². The largest absolute Gasteiger partial charge is 0.338 e. The van der Waals surface area contributed by atoms with Gasteiger partial charge in [-0.3, -0.25) is 4.90 Å². The first-order valence-electron chi connectivity index (χ1n) is 9.70. The van der Waals surface area contributed by atoms with Crippen molar-refractivity contribution < 1.29 is 4.79 Å². The third-order valence-corrected chi connectivity index (χ3v) is 6.28. The Morgan fingerprint density at radius 1 is 1.16 bits per heavy atom. The predicted octanol–water partition coefficient (Wildman–Crippen LogP) is 2.70. The molecule has 0 aliphatic carbocycles. The average molecular weight is 365 g/mol. The molecule has 140 valence electrons. The SMILES string of the molecule is CC1CCN(CCCNC(=O)N2CCN(Cc3cccs3)CC2)CC1. The van der Waals surface area contributed by atoms with Crippen LogP contribution in [0.2, 0.25) is 0 Å². The summed E-state index contributed by atoms with van der Waals surface area (Å²) in [6.45, 7) is 11.3. The van der Waals surface area contributed by atoms with Gasteiger partial charge in [-0.25, -0.2) is 4.79 Å². The standard InChI is InChI=1S/C19H32N4OS/c1-17-5-9-21(10-6-17)8-3-7-20-19(24)23-13-11-22(12-14-23)16-18-4-2-15-25-18/h2,4,15,17H,3,5-14,16H2,1H3,(H,20,24). The number of amides is 2. The Labute approximate surface area is 156 Å². The summed E-state index contributed by atoms with van der Waals surface area (Å²) in [6, 6.07) is 4.41. The number of nitrogens with zero attached hydrogens (tertiary/aromatic N) is 3. The van der Waals surface area contributed by atoms with Gasteiger partial charge < -0.3 is 15.1 Å². The van der Waals surface area contributed by atoms with Gasteiger partial charge in [0, 0.05) is 44.1 Å². The van der Waals surface area contributed by atoms with Gasteiger partial charge in [0.25, 0.3) is 0 Å². The molecule has 2 amide bonds. The topological polar surface area (TPSA) is 38.8 Å². The fraction of sp³-hybridized carbons (Fsp3) is 0.737. The normalized spacial score (nSPS) is 20.8. The lowest BCUT2D eigenvalue weighted by atomic mass is 9.99. The van der Waals surface area contributed by atoms with E-state index < -0.39 is 0 Å². The fourth-order valence-electron chi connectivity index (χ4n) is 3.63. The van der Waals surface area contributed by atoms with Gasteiger partial charge in [0.15, 0.2) is 0 Å². The van der Waals surface area contributed by atoms with Crippen LogP contribution in [-0.2, 0) is 6.54 Å². The van der Waals surface area contributed by atoms with Crippen molar-refractivity contribution in [1.29, 1.82) is 0 Å². The zero-order chi connectivity index (χ0) is 17.5. The maximum Gasteiger partial charge on any atom is 0.317 e. The minimum atomic E-state index is 0.114. The molecular formula is C19H32N4OS. The minimum absolute atomic E-state index is 0.114. The molecule has 6 heteroatoms. The van der Waals surface area contributed by atoms with E-state index in [1.807, 2.05) is 16.2 Å². The van der Waals surface area contributed by atoms with Gasteiger partial charge >= 0.3 is 6.03 Å². The van der Waals surface area contributed by atoms with Crippen LogP contribution in [-0.4, -0.2) is 73.1 Å². The first-order valence-corrected chi connectivity index (χ1v) is 10.6. The number of hydrogen-bond acceptors (Lipinski definition) is 4. The molecule has 0 spiro atoms. The molecule has 2 saturated heterocycles. The summed E-state index contributed by atoms with van der Waals surface area (Å²) in [5, 5.41) is 5.23. The number of hydrogen-bond donors (Lipinski definition) is 1. The van der Waals surface area contributed by atoms with Gasteiger partial charge in [-0.05, 0) is 56.3 Å². The van der Waals surface area contributed by atoms with Crippen molar-refractivity contribution in [2.24, 2.45) is 5.92 Å². The summed E-state index contributed by atoms with van der Waals surface area (Å²) in [5.74, 6) is 0.884. The smallest absolute Gasteiger partial charge is 0.317 e. The molecule has 0 aromatic carbocycles. The first-order chi connectivity index (χ1) is 12.2. The molecule has 0 atom stereocenters. The Morgan fingerprint density at radius 2 is 1.92 bits per heavy atom. The van der Waals surface area contributed by atoms with Crippen molar-refractivity contribution in [3.8, 4) is 0 Å². The molecule has 2 aliphatic heterocycles. The van der Waals surface area contributed by atoms with Gasteiger partial charge in [-0.2, -0.15) is 0 Å². The number of urea groups is 1. The highest BCUT2D eigenvalue weighted by molar-refractivity contribution is 7.09. The predicted molar refractivity (Wildman–Crippen MR) is 104 cm³/mol. The van der Waals surface area contributed by atoms with Crippen LogP contribution in [0.25, 0.3) is 0 Å². The lowest BCUT2D eigenvalue weighted by molar-refractivity contribution is 0.135. The Hall–Kier alpha value is -1.11. The van der Waals surface area contributed by atoms with E-state index in [-0.39, 0.29) is 6.03 Å². The molecule has 1 aromatic heterocycles. The van der Waals surface area contributed by atoms with Crippen LogP contribution in [0.5, 0.6) is 0 Å². The van der Waals surface area contributed by atoms with E-state index in [9.17, 15) is 4.79 Å². The van der Waals surface area contributed by atoms with Crippen LogP contribution in [0.15, 0.2) is 17.5 Å². The highest BCUT2D eigenvalue weighted by Crippen LogP contribution is 2.16. The molecule has 0 saturated carbocycles. The summed E-state index contributed by atoms with van der Waals surface area (Å²) in [4.78, 5) is 20.6. The maximum atomic E-state index is 12.3. The molecule has 2 fully saturated rings. The summed E-state index contributed by atoms with van der Waals surface area (Å²) >= 11 is 1.81. The van der Waals surface area contributed by atoms with Gasteiger partial charge in [-0.15, -0.1) is 11.3 Å². The number of carbonyl (C=O) groups excluding carboxylic acids is 1. The summed E-state index contributed by atoms with van der Waals surface area (Å²) < 4.78 is 0. The Kier molecular flexibility index (Phi) is 7.13. The number of rotatable bonds is 6. The number of thiophene rings is 1. The molecule has 3 heterocycles. The molecule has 1 aromatic rings. The third-order valence-electron chi connectivity index (χ3n) is 5.42. The number of piperidine rings is 1. The van der Waals surface area contributed by atoms with Crippen molar-refractivity contribution in [1.82, 2.24) is 20.0 Å². The fourth-order valence-corrected chi connectivity index (χ4v) is 4.37. The van der Waals surface area contributed by atoms with Crippen molar-refractivity contribution in [3.05, 3.63) is 22.4 Å². The van der Waals surface area contributed by atoms with E-state index in [0.717, 1.165) is 58.2 Å². The lowest BCUT2D eigenvalue weighted by Crippen LogP contribution is -2.51. The summed E-state index contributed by atoms with van der Waals surface area (Å²) in [6.07, 6.45) is 3.70. The molecule has 5 nitrogen and oxygen atoms in total. The van der Waals surface area contributed by atoms with Crippen LogP contribution in [0.3, 0.4) is 0 Å². The van der Waals surface area contributed by atoms with Crippen molar-refractivity contribution in [2.45, 2.75) is 32.7 Å². The molecule has 3 rings (SSSR count). The van der Waals surface area contributed by atoms with Crippen LogP contribution in [0.1, 0.15) is 31.1 Å². The molecule has 0 unspecified atom stereocenters. The van der Waals surface area contributed by atoms with Gasteiger partial charge in [0.1, 0.15) is 0 Å². The maximum absolute atomic E-state index is 12.3.